The first-order chi connectivity index (χ1) is 19.3. The minimum atomic E-state index is -0.988. The van der Waals surface area contributed by atoms with Crippen molar-refractivity contribution in [1.82, 2.24) is 0 Å². The zero-order valence-corrected chi connectivity index (χ0v) is 24.0. The lowest BCUT2D eigenvalue weighted by molar-refractivity contribution is -0.208. The Hall–Kier alpha value is -1.88. The molecule has 0 radical (unpaired) electrons. The SMILES string of the molecule is CC#C[C@]1(O)CC[C@H]2[C@@H]3CCC4(O)CC5(CCC4=C3[C@@H](c3ccc(OC4CCCCO4)cc3)C[C@@]21C)OCCO5. The van der Waals surface area contributed by atoms with Crippen LogP contribution in [-0.4, -0.2) is 53.3 Å². The first-order valence-corrected chi connectivity index (χ1v) is 15.6. The summed E-state index contributed by atoms with van der Waals surface area (Å²) in [6, 6.07) is 8.52. The Kier molecular flexibility index (Phi) is 6.64. The molecule has 6 aliphatic rings. The Balaban J connectivity index is 1.28. The highest BCUT2D eigenvalue weighted by atomic mass is 16.7. The third kappa shape index (κ3) is 4.19. The van der Waals surface area contributed by atoms with Crippen LogP contribution in [0, 0.1) is 29.1 Å². The summed E-state index contributed by atoms with van der Waals surface area (Å²) in [5.41, 5.74) is 1.65. The van der Waals surface area contributed by atoms with Gasteiger partial charge in [0.15, 0.2) is 12.1 Å². The van der Waals surface area contributed by atoms with Crippen LogP contribution in [0.1, 0.15) is 96.0 Å². The molecule has 4 aliphatic carbocycles. The lowest BCUT2D eigenvalue weighted by Gasteiger charge is -2.57. The Morgan fingerprint density at radius 3 is 2.48 bits per heavy atom. The molecule has 7 atom stereocenters. The summed E-state index contributed by atoms with van der Waals surface area (Å²) in [7, 11) is 0. The maximum Gasteiger partial charge on any atom is 0.199 e. The second kappa shape index (κ2) is 9.85. The molecule has 2 aliphatic heterocycles. The number of hydrogen-bond donors (Lipinski definition) is 2. The van der Waals surface area contributed by atoms with Gasteiger partial charge in [-0.25, -0.2) is 0 Å². The van der Waals surface area contributed by atoms with Crippen molar-refractivity contribution in [2.75, 3.05) is 19.8 Å². The molecule has 3 saturated carbocycles. The van der Waals surface area contributed by atoms with E-state index in [-0.39, 0.29) is 17.6 Å². The smallest absolute Gasteiger partial charge is 0.199 e. The van der Waals surface area contributed by atoms with Gasteiger partial charge in [-0.15, -0.1) is 5.92 Å². The molecule has 1 spiro atoms. The molecule has 6 heteroatoms. The zero-order valence-electron chi connectivity index (χ0n) is 24.0. The van der Waals surface area contributed by atoms with Crippen LogP contribution < -0.4 is 4.74 Å². The van der Waals surface area contributed by atoms with Crippen LogP contribution in [0.2, 0.25) is 0 Å². The average Bonchev–Trinajstić information content (AvgIpc) is 3.50. The van der Waals surface area contributed by atoms with Crippen LogP contribution in [0.25, 0.3) is 0 Å². The van der Waals surface area contributed by atoms with Gasteiger partial charge >= 0.3 is 0 Å². The van der Waals surface area contributed by atoms with E-state index in [4.69, 9.17) is 18.9 Å². The van der Waals surface area contributed by atoms with Crippen LogP contribution in [0.15, 0.2) is 35.4 Å². The summed E-state index contributed by atoms with van der Waals surface area (Å²) >= 11 is 0. The molecule has 0 bridgehead atoms. The van der Waals surface area contributed by atoms with Gasteiger partial charge in [-0.3, -0.25) is 0 Å². The summed E-state index contributed by atoms with van der Waals surface area (Å²) in [6.45, 7) is 6.07. The predicted molar refractivity (Wildman–Crippen MR) is 150 cm³/mol. The van der Waals surface area contributed by atoms with E-state index in [1.165, 1.54) is 16.7 Å². The average molecular weight is 549 g/mol. The normalized spacial score (nSPS) is 42.0. The van der Waals surface area contributed by atoms with Crippen molar-refractivity contribution in [2.45, 2.75) is 114 Å². The quantitative estimate of drug-likeness (QED) is 0.378. The second-order valence-corrected chi connectivity index (χ2v) is 13.4. The third-order valence-electron chi connectivity index (χ3n) is 11.4. The molecule has 7 rings (SSSR count). The molecule has 216 valence electrons. The van der Waals surface area contributed by atoms with E-state index in [2.05, 4.69) is 43.0 Å². The molecule has 2 unspecified atom stereocenters. The van der Waals surface area contributed by atoms with E-state index in [0.29, 0.717) is 37.9 Å². The molecule has 0 aromatic heterocycles. The third-order valence-corrected chi connectivity index (χ3v) is 11.4. The molecule has 5 fully saturated rings. The molecule has 40 heavy (non-hydrogen) atoms. The molecule has 2 heterocycles. The number of benzene rings is 1. The fourth-order valence-electron chi connectivity index (χ4n) is 9.46. The minimum absolute atomic E-state index is 0.107. The highest BCUT2D eigenvalue weighted by Crippen LogP contribution is 2.67. The zero-order chi connectivity index (χ0) is 27.6. The summed E-state index contributed by atoms with van der Waals surface area (Å²) in [6.07, 6.45) is 9.21. The van der Waals surface area contributed by atoms with Gasteiger partial charge in [0.1, 0.15) is 11.4 Å². The fraction of sp³-hybridized carbons (Fsp3) is 0.706. The van der Waals surface area contributed by atoms with E-state index < -0.39 is 17.0 Å². The lowest BCUT2D eigenvalue weighted by atomic mass is 9.49. The maximum atomic E-state index is 12.2. The van der Waals surface area contributed by atoms with Crippen molar-refractivity contribution in [1.29, 1.82) is 0 Å². The molecule has 2 N–H and O–H groups in total. The molecule has 1 aromatic rings. The summed E-state index contributed by atoms with van der Waals surface area (Å²) in [5.74, 6) is 7.28. The van der Waals surface area contributed by atoms with Crippen molar-refractivity contribution in [3.05, 3.63) is 41.0 Å². The standard InChI is InChI=1S/C34H44O6/c1-3-14-33(36)16-12-27-25-11-15-32(35)22-34(38-19-20-39-34)17-13-28(32)30(25)26(21-31(27,33)2)23-7-9-24(10-8-23)40-29-6-4-5-18-37-29/h7-10,25-27,29,35-36H,4-6,11-13,15-22H2,1-2H3/t25-,26+,27-,29?,31-,32?,33-/m0/s1. The monoisotopic (exact) mass is 548 g/mol. The highest BCUT2D eigenvalue weighted by molar-refractivity contribution is 5.45. The van der Waals surface area contributed by atoms with Crippen molar-refractivity contribution < 1.29 is 29.2 Å². The summed E-state index contributed by atoms with van der Waals surface area (Å²) in [4.78, 5) is 0. The van der Waals surface area contributed by atoms with Gasteiger partial charge in [-0.05, 0) is 93.4 Å². The number of hydrogen-bond acceptors (Lipinski definition) is 6. The molecule has 1 aromatic carbocycles. The number of rotatable bonds is 3. The van der Waals surface area contributed by atoms with Gasteiger partial charge in [0.2, 0.25) is 0 Å². The Bertz CT molecular complexity index is 1220. The van der Waals surface area contributed by atoms with Gasteiger partial charge < -0.3 is 29.2 Å². The summed E-state index contributed by atoms with van der Waals surface area (Å²) < 4.78 is 24.1. The predicted octanol–water partition coefficient (Wildman–Crippen LogP) is 5.61. The summed E-state index contributed by atoms with van der Waals surface area (Å²) in [5, 5.41) is 24.2. The Morgan fingerprint density at radius 2 is 1.75 bits per heavy atom. The number of allylic oxidation sites excluding steroid dienone is 1. The highest BCUT2D eigenvalue weighted by Gasteiger charge is 2.64. The van der Waals surface area contributed by atoms with Crippen molar-refractivity contribution in [3.8, 4) is 17.6 Å². The molecular weight excluding hydrogens is 504 g/mol. The number of aliphatic hydroxyl groups is 2. The van der Waals surface area contributed by atoms with Crippen molar-refractivity contribution in [3.63, 3.8) is 0 Å². The fourth-order valence-corrected chi connectivity index (χ4v) is 9.46. The van der Waals surface area contributed by atoms with E-state index in [1.807, 2.05) is 6.92 Å². The first-order valence-electron chi connectivity index (χ1n) is 15.6. The topological polar surface area (TPSA) is 77.4 Å². The van der Waals surface area contributed by atoms with Crippen LogP contribution in [-0.2, 0) is 14.2 Å². The maximum absolute atomic E-state index is 12.2. The molecular formula is C34H44O6. The van der Waals surface area contributed by atoms with Crippen LogP contribution >= 0.6 is 0 Å². The number of ether oxygens (including phenoxy) is 4. The molecule has 2 saturated heterocycles. The van der Waals surface area contributed by atoms with E-state index in [0.717, 1.165) is 70.1 Å². The molecule has 0 amide bonds. The lowest BCUT2D eigenvalue weighted by Crippen LogP contribution is -2.55. The van der Waals surface area contributed by atoms with Gasteiger partial charge in [0.05, 0.1) is 25.4 Å². The first kappa shape index (κ1) is 27.0. The van der Waals surface area contributed by atoms with Gasteiger partial charge in [0.25, 0.3) is 0 Å². The minimum Gasteiger partial charge on any atom is -0.465 e. The van der Waals surface area contributed by atoms with Gasteiger partial charge in [-0.2, -0.15) is 0 Å². The van der Waals surface area contributed by atoms with Crippen LogP contribution in [0.5, 0.6) is 5.75 Å². The second-order valence-electron chi connectivity index (χ2n) is 13.4. The largest absolute Gasteiger partial charge is 0.465 e. The van der Waals surface area contributed by atoms with Crippen molar-refractivity contribution >= 4 is 0 Å². The number of fused-ring (bicyclic) bond motifs is 4. The van der Waals surface area contributed by atoms with Crippen molar-refractivity contribution in [2.24, 2.45) is 17.3 Å². The van der Waals surface area contributed by atoms with Crippen LogP contribution in [0.3, 0.4) is 0 Å². The van der Waals surface area contributed by atoms with Gasteiger partial charge in [-0.1, -0.05) is 30.6 Å². The molecule has 6 nitrogen and oxygen atoms in total. The van der Waals surface area contributed by atoms with E-state index >= 15 is 0 Å². The van der Waals surface area contributed by atoms with E-state index in [9.17, 15) is 10.2 Å². The Morgan fingerprint density at radius 1 is 0.950 bits per heavy atom. The van der Waals surface area contributed by atoms with Crippen LogP contribution in [0.4, 0.5) is 0 Å². The van der Waals surface area contributed by atoms with E-state index in [1.54, 1.807) is 0 Å². The van der Waals surface area contributed by atoms with Gasteiger partial charge in [0, 0.05) is 30.6 Å². The Labute approximate surface area is 238 Å².